The average molecular weight is 275 g/mol. The van der Waals surface area contributed by atoms with Crippen molar-refractivity contribution in [1.29, 1.82) is 0 Å². The van der Waals surface area contributed by atoms with Crippen LogP contribution in [-0.4, -0.2) is 18.3 Å². The molecule has 0 aliphatic carbocycles. The zero-order valence-corrected chi connectivity index (χ0v) is 11.9. The summed E-state index contributed by atoms with van der Waals surface area (Å²) in [6, 6.07) is 5.23. The lowest BCUT2D eigenvalue weighted by Crippen LogP contribution is -2.25. The fourth-order valence-electron chi connectivity index (χ4n) is 2.29. The van der Waals surface area contributed by atoms with E-state index in [0.717, 1.165) is 12.8 Å². The third-order valence-corrected chi connectivity index (χ3v) is 3.44. The van der Waals surface area contributed by atoms with Crippen LogP contribution in [0, 0.1) is 0 Å². The molecule has 1 aromatic rings. The lowest BCUT2D eigenvalue weighted by atomic mass is 10.0. The van der Waals surface area contributed by atoms with Crippen LogP contribution in [0.25, 0.3) is 0 Å². The normalized spacial score (nSPS) is 13.3. The van der Waals surface area contributed by atoms with E-state index in [-0.39, 0.29) is 18.3 Å². The molecule has 1 heterocycles. The Morgan fingerprint density at radius 3 is 2.85 bits per heavy atom. The van der Waals surface area contributed by atoms with Crippen molar-refractivity contribution >= 4 is 17.4 Å². The summed E-state index contributed by atoms with van der Waals surface area (Å²) in [5.74, 6) is 0.579. The van der Waals surface area contributed by atoms with E-state index < -0.39 is 0 Å². The molecule has 1 aliphatic rings. The van der Waals surface area contributed by atoms with Crippen molar-refractivity contribution in [3.8, 4) is 5.75 Å². The van der Waals surface area contributed by atoms with Crippen LogP contribution in [0.5, 0.6) is 5.75 Å². The van der Waals surface area contributed by atoms with Gasteiger partial charge in [0.2, 0.25) is 0 Å². The van der Waals surface area contributed by atoms with Crippen LogP contribution in [-0.2, 0) is 4.79 Å². The summed E-state index contributed by atoms with van der Waals surface area (Å²) in [6.45, 7) is 2.21. The highest BCUT2D eigenvalue weighted by atomic mass is 16.5. The van der Waals surface area contributed by atoms with Crippen molar-refractivity contribution in [2.75, 3.05) is 11.9 Å². The lowest BCUT2D eigenvalue weighted by molar-refractivity contribution is -0.118. The average Bonchev–Trinajstić information content (AvgIpc) is 2.46. The summed E-state index contributed by atoms with van der Waals surface area (Å²) >= 11 is 0. The van der Waals surface area contributed by atoms with Crippen LogP contribution < -0.4 is 10.1 Å². The van der Waals surface area contributed by atoms with Gasteiger partial charge in [-0.3, -0.25) is 9.59 Å². The maximum absolute atomic E-state index is 12.1. The highest BCUT2D eigenvalue weighted by molar-refractivity contribution is 6.00. The van der Waals surface area contributed by atoms with Gasteiger partial charge in [-0.2, -0.15) is 0 Å². The zero-order chi connectivity index (χ0) is 14.4. The Kier molecular flexibility index (Phi) is 5.16. The number of rotatable bonds is 7. The molecule has 4 nitrogen and oxygen atoms in total. The molecule has 0 unspecified atom stereocenters. The van der Waals surface area contributed by atoms with Crippen molar-refractivity contribution in [2.45, 2.75) is 45.4 Å². The Morgan fingerprint density at radius 1 is 1.25 bits per heavy atom. The van der Waals surface area contributed by atoms with Gasteiger partial charge < -0.3 is 10.1 Å². The molecule has 2 rings (SSSR count). The Labute approximate surface area is 119 Å². The van der Waals surface area contributed by atoms with Crippen LogP contribution in [0.2, 0.25) is 0 Å². The van der Waals surface area contributed by atoms with Gasteiger partial charge in [0.1, 0.15) is 5.75 Å². The van der Waals surface area contributed by atoms with Crippen LogP contribution in [0.1, 0.15) is 55.8 Å². The summed E-state index contributed by atoms with van der Waals surface area (Å²) in [5.41, 5.74) is 1.24. The monoisotopic (exact) mass is 275 g/mol. The molecular weight excluding hydrogens is 254 g/mol. The molecule has 0 radical (unpaired) electrons. The first kappa shape index (κ1) is 14.6. The van der Waals surface area contributed by atoms with Crippen LogP contribution in [0.4, 0.5) is 5.69 Å². The first-order valence-corrected chi connectivity index (χ1v) is 7.30. The molecule has 20 heavy (non-hydrogen) atoms. The van der Waals surface area contributed by atoms with Crippen molar-refractivity contribution in [3.05, 3.63) is 23.8 Å². The van der Waals surface area contributed by atoms with Crippen molar-refractivity contribution in [2.24, 2.45) is 0 Å². The number of carbonyl (C=O) groups is 2. The highest BCUT2D eigenvalue weighted by Gasteiger charge is 2.17. The number of ether oxygens (including phenoxy) is 1. The first-order valence-electron chi connectivity index (χ1n) is 7.30. The van der Waals surface area contributed by atoms with E-state index in [1.807, 2.05) is 0 Å². The topological polar surface area (TPSA) is 55.4 Å². The molecule has 1 N–H and O–H groups in total. The van der Waals surface area contributed by atoms with Crippen LogP contribution in [0.15, 0.2) is 18.2 Å². The van der Waals surface area contributed by atoms with E-state index >= 15 is 0 Å². The van der Waals surface area contributed by atoms with Gasteiger partial charge in [0.15, 0.2) is 12.4 Å². The van der Waals surface area contributed by atoms with Crippen LogP contribution >= 0.6 is 0 Å². The number of amides is 1. The van der Waals surface area contributed by atoms with Gasteiger partial charge >= 0.3 is 0 Å². The number of unbranched alkanes of at least 4 members (excludes halogenated alkanes) is 4. The van der Waals surface area contributed by atoms with Crippen molar-refractivity contribution < 1.29 is 14.3 Å². The number of carbonyl (C=O) groups excluding carboxylic acids is 2. The number of ketones is 1. The third-order valence-electron chi connectivity index (χ3n) is 3.44. The predicted octanol–water partition coefficient (Wildman–Crippen LogP) is 3.56. The summed E-state index contributed by atoms with van der Waals surface area (Å²) in [7, 11) is 0. The Bertz CT molecular complexity index is 496. The van der Waals surface area contributed by atoms with Gasteiger partial charge in [0, 0.05) is 12.0 Å². The summed E-state index contributed by atoms with van der Waals surface area (Å²) in [4.78, 5) is 23.3. The SMILES string of the molecule is CCCCCCCC(=O)c1ccc2c(c1)NC(=O)CO2. The number of anilines is 1. The predicted molar refractivity (Wildman–Crippen MR) is 78.3 cm³/mol. The quantitative estimate of drug-likeness (QED) is 0.611. The fourth-order valence-corrected chi connectivity index (χ4v) is 2.29. The van der Waals surface area contributed by atoms with Gasteiger partial charge in [-0.05, 0) is 24.6 Å². The van der Waals surface area contributed by atoms with Crippen LogP contribution in [0.3, 0.4) is 0 Å². The zero-order valence-electron chi connectivity index (χ0n) is 11.9. The van der Waals surface area contributed by atoms with E-state index in [0.29, 0.717) is 23.4 Å². The number of nitrogens with one attached hydrogen (secondary N) is 1. The molecule has 0 aromatic heterocycles. The van der Waals surface area contributed by atoms with E-state index in [1.54, 1.807) is 18.2 Å². The van der Waals surface area contributed by atoms with E-state index in [2.05, 4.69) is 12.2 Å². The van der Waals surface area contributed by atoms with E-state index in [4.69, 9.17) is 4.74 Å². The second-order valence-electron chi connectivity index (χ2n) is 5.14. The first-order chi connectivity index (χ1) is 9.70. The van der Waals surface area contributed by atoms with Gasteiger partial charge in [0.25, 0.3) is 5.91 Å². The Balaban J connectivity index is 1.90. The minimum absolute atomic E-state index is 0.0394. The number of benzene rings is 1. The molecule has 1 aromatic carbocycles. The maximum atomic E-state index is 12.1. The number of hydrogen-bond acceptors (Lipinski definition) is 3. The molecule has 108 valence electrons. The summed E-state index contributed by atoms with van der Waals surface area (Å²) in [5, 5.41) is 2.72. The Morgan fingerprint density at radius 2 is 2.05 bits per heavy atom. The number of hydrogen-bond donors (Lipinski definition) is 1. The summed E-state index contributed by atoms with van der Waals surface area (Å²) in [6.07, 6.45) is 6.23. The molecule has 1 aliphatic heterocycles. The molecule has 0 spiro atoms. The van der Waals surface area contributed by atoms with E-state index in [1.165, 1.54) is 19.3 Å². The molecule has 0 fully saturated rings. The molecule has 0 saturated carbocycles. The lowest BCUT2D eigenvalue weighted by Gasteiger charge is -2.18. The van der Waals surface area contributed by atoms with Gasteiger partial charge in [-0.1, -0.05) is 32.6 Å². The van der Waals surface area contributed by atoms with Gasteiger partial charge in [0.05, 0.1) is 5.69 Å². The molecule has 1 amide bonds. The third kappa shape index (κ3) is 3.83. The standard InChI is InChI=1S/C16H21NO3/c1-2-3-4-5-6-7-14(18)12-8-9-15-13(10-12)17-16(19)11-20-15/h8-10H,2-7,11H2,1H3,(H,17,19). The van der Waals surface area contributed by atoms with Crippen molar-refractivity contribution in [1.82, 2.24) is 0 Å². The Hall–Kier alpha value is -1.84. The number of fused-ring (bicyclic) bond motifs is 1. The minimum atomic E-state index is -0.179. The smallest absolute Gasteiger partial charge is 0.262 e. The molecular formula is C16H21NO3. The summed E-state index contributed by atoms with van der Waals surface area (Å²) < 4.78 is 5.27. The second kappa shape index (κ2) is 7.08. The highest BCUT2D eigenvalue weighted by Crippen LogP contribution is 2.29. The fraction of sp³-hybridized carbons (Fsp3) is 0.500. The van der Waals surface area contributed by atoms with E-state index in [9.17, 15) is 9.59 Å². The largest absolute Gasteiger partial charge is 0.482 e. The molecule has 0 atom stereocenters. The molecule has 0 saturated heterocycles. The second-order valence-corrected chi connectivity index (χ2v) is 5.14. The van der Waals surface area contributed by atoms with Crippen molar-refractivity contribution in [3.63, 3.8) is 0 Å². The minimum Gasteiger partial charge on any atom is -0.482 e. The molecule has 0 bridgehead atoms. The van der Waals surface area contributed by atoms with Gasteiger partial charge in [-0.15, -0.1) is 0 Å². The molecule has 4 heteroatoms. The maximum Gasteiger partial charge on any atom is 0.262 e. The van der Waals surface area contributed by atoms with Gasteiger partial charge in [-0.25, -0.2) is 0 Å². The number of Topliss-reactive ketones (excluding diaryl/α,β-unsaturated/α-hetero) is 1.